The first-order valence-corrected chi connectivity index (χ1v) is 9.53. The molecule has 3 saturated carbocycles. The lowest BCUT2D eigenvalue weighted by molar-refractivity contribution is -0.177. The van der Waals surface area contributed by atoms with E-state index in [1.807, 2.05) is 0 Å². The molecule has 2 amide bonds. The summed E-state index contributed by atoms with van der Waals surface area (Å²) in [7, 11) is 0. The molecule has 0 unspecified atom stereocenters. The molecule has 1 N–H and O–H groups in total. The fourth-order valence-corrected chi connectivity index (χ4v) is 4.14. The van der Waals surface area contributed by atoms with Crippen LogP contribution in [0.2, 0.25) is 0 Å². The van der Waals surface area contributed by atoms with Crippen LogP contribution in [0.1, 0.15) is 66.4 Å². The average molecular weight is 392 g/mol. The summed E-state index contributed by atoms with van der Waals surface area (Å²) in [6.07, 6.45) is 0.742. The van der Waals surface area contributed by atoms with Crippen LogP contribution in [0.4, 0.5) is 14.0 Å². The third-order valence-electron chi connectivity index (χ3n) is 5.11. The third-order valence-corrected chi connectivity index (χ3v) is 5.11. The number of amides is 2. The Labute approximate surface area is 165 Å². The minimum atomic E-state index is -0.695. The van der Waals surface area contributed by atoms with Crippen molar-refractivity contribution in [3.05, 3.63) is 35.6 Å². The number of rotatable bonds is 2. The SMILES string of the molecule is CC(C)(C)OC(=O)NN(C(=O)OC(C)(C)C)C12CC(c3ccc(F)cc3)(C1)C2. The minimum absolute atomic E-state index is 0.0798. The van der Waals surface area contributed by atoms with Gasteiger partial charge in [0.2, 0.25) is 0 Å². The number of ether oxygens (including phenoxy) is 2. The Morgan fingerprint density at radius 2 is 1.46 bits per heavy atom. The molecule has 0 spiro atoms. The molecular formula is C21H29FN2O4. The highest BCUT2D eigenvalue weighted by Gasteiger charge is 2.72. The normalized spacial score (nSPS) is 25.8. The van der Waals surface area contributed by atoms with E-state index in [-0.39, 0.29) is 11.2 Å². The van der Waals surface area contributed by atoms with Gasteiger partial charge >= 0.3 is 12.2 Å². The Balaban J connectivity index is 1.75. The summed E-state index contributed by atoms with van der Waals surface area (Å²) < 4.78 is 24.0. The van der Waals surface area contributed by atoms with Crippen LogP contribution in [0.25, 0.3) is 0 Å². The number of benzene rings is 1. The lowest BCUT2D eigenvalue weighted by atomic mass is 9.37. The molecule has 0 heterocycles. The summed E-state index contributed by atoms with van der Waals surface area (Å²) in [6.45, 7) is 10.6. The summed E-state index contributed by atoms with van der Waals surface area (Å²) >= 11 is 0. The molecule has 4 rings (SSSR count). The number of hydrogen-bond acceptors (Lipinski definition) is 4. The lowest BCUT2D eigenvalue weighted by Crippen LogP contribution is -2.80. The topological polar surface area (TPSA) is 67.9 Å². The van der Waals surface area contributed by atoms with Crippen LogP contribution in [-0.4, -0.2) is 33.9 Å². The van der Waals surface area contributed by atoms with E-state index in [0.717, 1.165) is 5.56 Å². The van der Waals surface area contributed by atoms with Crippen molar-refractivity contribution in [2.45, 2.75) is 83.0 Å². The molecule has 3 aliphatic carbocycles. The van der Waals surface area contributed by atoms with Crippen molar-refractivity contribution in [2.24, 2.45) is 0 Å². The number of halogens is 1. The maximum atomic E-state index is 13.2. The van der Waals surface area contributed by atoms with Gasteiger partial charge in [-0.1, -0.05) is 12.1 Å². The van der Waals surface area contributed by atoms with Crippen LogP contribution in [0.15, 0.2) is 24.3 Å². The van der Waals surface area contributed by atoms with Crippen molar-refractivity contribution < 1.29 is 23.5 Å². The summed E-state index contributed by atoms with van der Waals surface area (Å²) in [5.41, 5.74) is 1.69. The summed E-state index contributed by atoms with van der Waals surface area (Å²) in [5, 5.41) is 1.29. The predicted molar refractivity (Wildman–Crippen MR) is 102 cm³/mol. The van der Waals surface area contributed by atoms with Gasteiger partial charge in [0.1, 0.15) is 17.0 Å². The molecule has 0 atom stereocenters. The lowest BCUT2D eigenvalue weighted by Gasteiger charge is -2.72. The second-order valence-electron chi connectivity index (χ2n) is 9.97. The number of carbonyl (C=O) groups excluding carboxylic acids is 2. The summed E-state index contributed by atoms with van der Waals surface area (Å²) in [4.78, 5) is 25.1. The molecular weight excluding hydrogens is 363 g/mol. The zero-order valence-electron chi connectivity index (χ0n) is 17.4. The molecule has 0 aliphatic heterocycles. The van der Waals surface area contributed by atoms with Crippen molar-refractivity contribution >= 4 is 12.2 Å². The van der Waals surface area contributed by atoms with Crippen molar-refractivity contribution in [1.29, 1.82) is 0 Å². The second-order valence-corrected chi connectivity index (χ2v) is 9.97. The van der Waals surface area contributed by atoms with Gasteiger partial charge in [-0.25, -0.2) is 24.4 Å². The molecule has 1 aromatic rings. The first-order valence-electron chi connectivity index (χ1n) is 9.53. The monoisotopic (exact) mass is 392 g/mol. The van der Waals surface area contributed by atoms with E-state index in [1.54, 1.807) is 53.7 Å². The highest BCUT2D eigenvalue weighted by atomic mass is 19.1. The number of hydrazine groups is 1. The maximum Gasteiger partial charge on any atom is 0.429 e. The smallest absolute Gasteiger partial charge is 0.429 e. The molecule has 28 heavy (non-hydrogen) atoms. The third kappa shape index (κ3) is 3.93. The molecule has 3 fully saturated rings. The van der Waals surface area contributed by atoms with Gasteiger partial charge in [-0.2, -0.15) is 0 Å². The van der Waals surface area contributed by atoms with Gasteiger partial charge in [0.15, 0.2) is 0 Å². The predicted octanol–water partition coefficient (Wildman–Crippen LogP) is 4.68. The molecule has 0 radical (unpaired) electrons. The van der Waals surface area contributed by atoms with E-state index in [9.17, 15) is 14.0 Å². The van der Waals surface area contributed by atoms with Crippen LogP contribution < -0.4 is 5.43 Å². The highest BCUT2D eigenvalue weighted by Crippen LogP contribution is 2.70. The largest absolute Gasteiger partial charge is 0.443 e. The van der Waals surface area contributed by atoms with Gasteiger partial charge in [-0.15, -0.1) is 0 Å². The van der Waals surface area contributed by atoms with Crippen LogP contribution in [0.3, 0.4) is 0 Å². The van der Waals surface area contributed by atoms with Gasteiger partial charge in [0.05, 0.1) is 5.54 Å². The molecule has 3 aliphatic rings. The minimum Gasteiger partial charge on any atom is -0.443 e. The Kier molecular flexibility index (Phi) is 4.64. The zero-order valence-corrected chi connectivity index (χ0v) is 17.4. The van der Waals surface area contributed by atoms with Crippen LogP contribution in [0, 0.1) is 5.82 Å². The first-order chi connectivity index (χ1) is 12.7. The Bertz CT molecular complexity index is 757. The van der Waals surface area contributed by atoms with Crippen LogP contribution >= 0.6 is 0 Å². The summed E-state index contributed by atoms with van der Waals surface area (Å²) in [5.74, 6) is -0.271. The van der Waals surface area contributed by atoms with Gasteiger partial charge in [-0.05, 0) is 78.5 Å². The Morgan fingerprint density at radius 3 is 1.93 bits per heavy atom. The standard InChI is InChI=1S/C21H29FN2O4/c1-18(2,3)27-16(25)23-24(17(26)28-19(4,5)6)21-11-20(12-21,13-21)14-7-9-15(22)10-8-14/h7-10H,11-13H2,1-6H3,(H,23,25). The molecule has 154 valence electrons. The molecule has 0 aromatic heterocycles. The van der Waals surface area contributed by atoms with Gasteiger partial charge in [-0.3, -0.25) is 0 Å². The second kappa shape index (κ2) is 6.36. The zero-order chi connectivity index (χ0) is 21.0. The first kappa shape index (κ1) is 20.4. The van der Waals surface area contributed by atoms with Gasteiger partial charge in [0, 0.05) is 5.41 Å². The van der Waals surface area contributed by atoms with E-state index < -0.39 is 28.9 Å². The Morgan fingerprint density at radius 1 is 0.964 bits per heavy atom. The van der Waals surface area contributed by atoms with E-state index in [4.69, 9.17) is 9.47 Å². The fraction of sp³-hybridized carbons (Fsp3) is 0.619. The van der Waals surface area contributed by atoms with Crippen LogP contribution in [0.5, 0.6) is 0 Å². The molecule has 1 aromatic carbocycles. The summed E-state index contributed by atoms with van der Waals surface area (Å²) in [6, 6.07) is 6.48. The van der Waals surface area contributed by atoms with Crippen molar-refractivity contribution in [2.75, 3.05) is 0 Å². The van der Waals surface area contributed by atoms with Crippen molar-refractivity contribution in [3.63, 3.8) is 0 Å². The molecule has 0 saturated heterocycles. The molecule has 7 heteroatoms. The van der Waals surface area contributed by atoms with E-state index >= 15 is 0 Å². The number of hydrogen-bond donors (Lipinski definition) is 1. The fourth-order valence-electron chi connectivity index (χ4n) is 4.14. The van der Waals surface area contributed by atoms with E-state index in [1.165, 1.54) is 17.1 Å². The maximum absolute atomic E-state index is 13.2. The number of carbonyl (C=O) groups is 2. The van der Waals surface area contributed by atoms with E-state index in [0.29, 0.717) is 19.3 Å². The van der Waals surface area contributed by atoms with Crippen molar-refractivity contribution in [3.8, 4) is 0 Å². The quantitative estimate of drug-likeness (QED) is 0.742. The average Bonchev–Trinajstić information content (AvgIpc) is 2.41. The molecule has 6 nitrogen and oxygen atoms in total. The highest BCUT2D eigenvalue weighted by molar-refractivity contribution is 5.76. The number of nitrogens with one attached hydrogen (secondary N) is 1. The van der Waals surface area contributed by atoms with E-state index in [2.05, 4.69) is 5.43 Å². The molecule has 2 bridgehead atoms. The van der Waals surface area contributed by atoms with Crippen molar-refractivity contribution in [1.82, 2.24) is 10.4 Å². The van der Waals surface area contributed by atoms with Gasteiger partial charge in [0.25, 0.3) is 0 Å². The van der Waals surface area contributed by atoms with Gasteiger partial charge < -0.3 is 9.47 Å². The number of nitrogens with zero attached hydrogens (tertiary/aromatic N) is 1. The Hall–Kier alpha value is -2.31. The van der Waals surface area contributed by atoms with Crippen LogP contribution in [-0.2, 0) is 14.9 Å².